The van der Waals surface area contributed by atoms with Crippen LogP contribution in [0.25, 0.3) is 22.2 Å². The summed E-state index contributed by atoms with van der Waals surface area (Å²) < 4.78 is 7.29. The molecule has 158 valence electrons. The molecular weight excluding hydrogens is 466 g/mol. The van der Waals surface area contributed by atoms with Crippen molar-refractivity contribution in [3.05, 3.63) is 100 Å². The molecule has 6 heteroatoms. The second-order valence-electron chi connectivity index (χ2n) is 7.73. The Morgan fingerprint density at radius 2 is 1.72 bits per heavy atom. The topological polar surface area (TPSA) is 54.8 Å². The SMILES string of the molecule is CC(=O)N1N=C(c2cc(-c3ccc(Br)cc3)nc3ccccc23)O[C@H]1c1ccc(C)cc1. The number of para-hydroxylation sites is 1. The van der Waals surface area contributed by atoms with Crippen LogP contribution in [-0.2, 0) is 9.53 Å². The van der Waals surface area contributed by atoms with E-state index >= 15 is 0 Å². The minimum Gasteiger partial charge on any atom is -0.446 e. The van der Waals surface area contributed by atoms with Crippen molar-refractivity contribution in [1.82, 2.24) is 9.99 Å². The van der Waals surface area contributed by atoms with E-state index in [0.29, 0.717) is 5.90 Å². The molecule has 0 bridgehead atoms. The summed E-state index contributed by atoms with van der Waals surface area (Å²) in [5, 5.41) is 6.89. The second-order valence-corrected chi connectivity index (χ2v) is 8.64. The Bertz CT molecular complexity index is 1350. The van der Waals surface area contributed by atoms with Crippen LogP contribution in [0.15, 0.2) is 88.4 Å². The van der Waals surface area contributed by atoms with E-state index in [-0.39, 0.29) is 5.91 Å². The largest absolute Gasteiger partial charge is 0.446 e. The zero-order valence-electron chi connectivity index (χ0n) is 17.6. The predicted octanol–water partition coefficient (Wildman–Crippen LogP) is 6.21. The zero-order chi connectivity index (χ0) is 22.2. The average molecular weight is 486 g/mol. The number of aryl methyl sites for hydroxylation is 1. The zero-order valence-corrected chi connectivity index (χ0v) is 19.2. The highest BCUT2D eigenvalue weighted by Gasteiger charge is 2.33. The first-order valence-corrected chi connectivity index (χ1v) is 11.1. The van der Waals surface area contributed by atoms with Crippen molar-refractivity contribution < 1.29 is 9.53 Å². The van der Waals surface area contributed by atoms with Crippen LogP contribution in [0.4, 0.5) is 0 Å². The van der Waals surface area contributed by atoms with Crippen molar-refractivity contribution in [2.75, 3.05) is 0 Å². The van der Waals surface area contributed by atoms with Gasteiger partial charge in [0.25, 0.3) is 0 Å². The number of fused-ring (bicyclic) bond motifs is 1. The number of hydrogen-bond acceptors (Lipinski definition) is 4. The van der Waals surface area contributed by atoms with Gasteiger partial charge in [0.05, 0.1) is 11.2 Å². The fourth-order valence-electron chi connectivity index (χ4n) is 3.74. The molecule has 32 heavy (non-hydrogen) atoms. The summed E-state index contributed by atoms with van der Waals surface area (Å²) >= 11 is 3.48. The molecule has 5 nitrogen and oxygen atoms in total. The van der Waals surface area contributed by atoms with Gasteiger partial charge in [0.15, 0.2) is 0 Å². The molecule has 1 aromatic heterocycles. The number of rotatable bonds is 3. The van der Waals surface area contributed by atoms with E-state index in [1.54, 1.807) is 0 Å². The first-order chi connectivity index (χ1) is 15.5. The maximum Gasteiger partial charge on any atom is 0.243 e. The Kier molecular flexibility index (Phi) is 5.23. The molecule has 5 rings (SSSR count). The monoisotopic (exact) mass is 485 g/mol. The Labute approximate surface area is 194 Å². The number of halogens is 1. The summed E-state index contributed by atoms with van der Waals surface area (Å²) in [6, 6.07) is 25.8. The normalized spacial score (nSPS) is 15.5. The number of nitrogens with zero attached hydrogens (tertiary/aromatic N) is 3. The van der Waals surface area contributed by atoms with E-state index in [4.69, 9.17) is 9.72 Å². The van der Waals surface area contributed by atoms with Gasteiger partial charge in [0.1, 0.15) is 0 Å². The van der Waals surface area contributed by atoms with E-state index in [1.807, 2.05) is 85.8 Å². The third-order valence-corrected chi connectivity index (χ3v) is 5.94. The number of hydrogen-bond donors (Lipinski definition) is 0. The van der Waals surface area contributed by atoms with E-state index in [1.165, 1.54) is 11.9 Å². The predicted molar refractivity (Wildman–Crippen MR) is 129 cm³/mol. The maximum absolute atomic E-state index is 12.4. The third kappa shape index (κ3) is 3.78. The van der Waals surface area contributed by atoms with Crippen LogP contribution in [0.3, 0.4) is 0 Å². The highest BCUT2D eigenvalue weighted by Crippen LogP contribution is 2.34. The van der Waals surface area contributed by atoms with Crippen molar-refractivity contribution in [1.29, 1.82) is 0 Å². The van der Waals surface area contributed by atoms with Crippen molar-refractivity contribution >= 4 is 38.6 Å². The fourth-order valence-corrected chi connectivity index (χ4v) is 4.01. The number of benzene rings is 3. The maximum atomic E-state index is 12.4. The Morgan fingerprint density at radius 3 is 2.44 bits per heavy atom. The molecule has 1 atom stereocenters. The molecule has 0 saturated heterocycles. The van der Waals surface area contributed by atoms with Crippen LogP contribution >= 0.6 is 15.9 Å². The molecular formula is C26H20BrN3O2. The van der Waals surface area contributed by atoms with Gasteiger partial charge in [-0.05, 0) is 31.2 Å². The van der Waals surface area contributed by atoms with Crippen LogP contribution in [0, 0.1) is 6.92 Å². The molecule has 0 saturated carbocycles. The summed E-state index contributed by atoms with van der Waals surface area (Å²) in [6.45, 7) is 3.52. The molecule has 1 aliphatic rings. The Hall–Kier alpha value is -3.51. The lowest BCUT2D eigenvalue weighted by molar-refractivity contribution is -0.135. The minimum absolute atomic E-state index is 0.183. The van der Waals surface area contributed by atoms with Crippen LogP contribution in [0.1, 0.15) is 29.8 Å². The molecule has 0 N–H and O–H groups in total. The van der Waals surface area contributed by atoms with Gasteiger partial charge in [-0.3, -0.25) is 4.79 Å². The van der Waals surface area contributed by atoms with E-state index in [2.05, 4.69) is 21.0 Å². The highest BCUT2D eigenvalue weighted by atomic mass is 79.9. The molecule has 0 spiro atoms. The van der Waals surface area contributed by atoms with E-state index < -0.39 is 6.23 Å². The van der Waals surface area contributed by atoms with Gasteiger partial charge in [-0.1, -0.05) is 76.1 Å². The lowest BCUT2D eigenvalue weighted by Gasteiger charge is -2.19. The molecule has 1 aliphatic heterocycles. The smallest absolute Gasteiger partial charge is 0.243 e. The molecule has 0 aliphatic carbocycles. The number of carbonyl (C=O) groups excluding carboxylic acids is 1. The summed E-state index contributed by atoms with van der Waals surface area (Å²) in [7, 11) is 0. The van der Waals surface area contributed by atoms with E-state index in [9.17, 15) is 4.79 Å². The molecule has 4 aromatic rings. The third-order valence-electron chi connectivity index (χ3n) is 5.42. The van der Waals surface area contributed by atoms with Crippen LogP contribution in [0.5, 0.6) is 0 Å². The summed E-state index contributed by atoms with van der Waals surface area (Å²) in [6.07, 6.45) is -0.605. The number of aromatic nitrogens is 1. The number of amides is 1. The molecule has 0 radical (unpaired) electrons. The summed E-state index contributed by atoms with van der Waals surface area (Å²) in [5.74, 6) is 0.222. The van der Waals surface area contributed by atoms with Gasteiger partial charge in [0.2, 0.25) is 18.0 Å². The first kappa shape index (κ1) is 20.4. The number of carbonyl (C=O) groups is 1. The minimum atomic E-state index is -0.605. The van der Waals surface area contributed by atoms with Gasteiger partial charge in [-0.25, -0.2) is 4.98 Å². The molecule has 1 amide bonds. The first-order valence-electron chi connectivity index (χ1n) is 10.3. The molecule has 3 aromatic carbocycles. The van der Waals surface area contributed by atoms with E-state index in [0.717, 1.165) is 43.3 Å². The van der Waals surface area contributed by atoms with Gasteiger partial charge in [-0.15, -0.1) is 5.10 Å². The average Bonchev–Trinajstić information content (AvgIpc) is 3.25. The van der Waals surface area contributed by atoms with Gasteiger partial charge in [-0.2, -0.15) is 5.01 Å². The van der Waals surface area contributed by atoms with Crippen molar-refractivity contribution in [2.24, 2.45) is 5.10 Å². The summed E-state index contributed by atoms with van der Waals surface area (Å²) in [4.78, 5) is 17.2. The summed E-state index contributed by atoms with van der Waals surface area (Å²) in [5.41, 5.74) is 5.44. The number of pyridine rings is 1. The van der Waals surface area contributed by atoms with Crippen LogP contribution in [0.2, 0.25) is 0 Å². The molecule has 0 fully saturated rings. The fraction of sp³-hybridized carbons (Fsp3) is 0.115. The molecule has 0 unspecified atom stereocenters. The van der Waals surface area contributed by atoms with Crippen molar-refractivity contribution in [2.45, 2.75) is 20.1 Å². The number of hydrazone groups is 1. The van der Waals surface area contributed by atoms with Crippen LogP contribution in [-0.4, -0.2) is 21.8 Å². The Balaban J connectivity index is 1.63. The van der Waals surface area contributed by atoms with Crippen molar-refractivity contribution in [3.8, 4) is 11.3 Å². The highest BCUT2D eigenvalue weighted by molar-refractivity contribution is 9.10. The number of ether oxygens (including phenoxy) is 1. The quantitative estimate of drug-likeness (QED) is 0.346. The van der Waals surface area contributed by atoms with Gasteiger partial charge < -0.3 is 4.74 Å². The second kappa shape index (κ2) is 8.20. The Morgan fingerprint density at radius 1 is 1.00 bits per heavy atom. The lowest BCUT2D eigenvalue weighted by atomic mass is 10.0. The lowest BCUT2D eigenvalue weighted by Crippen LogP contribution is -2.25. The van der Waals surface area contributed by atoms with Crippen LogP contribution < -0.4 is 0 Å². The van der Waals surface area contributed by atoms with Crippen molar-refractivity contribution in [3.63, 3.8) is 0 Å². The van der Waals surface area contributed by atoms with Gasteiger partial charge in [0, 0.05) is 33.5 Å². The van der Waals surface area contributed by atoms with Gasteiger partial charge >= 0.3 is 0 Å². The molecule has 2 heterocycles. The standard InChI is InChI=1S/C26H20BrN3O2/c1-16-7-9-19(10-8-16)26-30(17(2)31)29-25(32-26)22-15-24(18-11-13-20(27)14-12-18)28-23-6-4-3-5-21(22)23/h3-15,26H,1-2H3/t26-/m0/s1.